The minimum Gasteiger partial charge on any atom is -0.315 e. The number of nitrogens with zero attached hydrogens (tertiary/aromatic N) is 1. The predicted octanol–water partition coefficient (Wildman–Crippen LogP) is -2.33. The summed E-state index contributed by atoms with van der Waals surface area (Å²) < 4.78 is 1.14. The highest BCUT2D eigenvalue weighted by Gasteiger charge is 1.88. The highest BCUT2D eigenvalue weighted by atomic mass is 28.2. The second-order valence-corrected chi connectivity index (χ2v) is 2.57. The lowest BCUT2D eigenvalue weighted by Gasteiger charge is -1.89. The van der Waals surface area contributed by atoms with Gasteiger partial charge in [-0.15, -0.1) is 0 Å². The third-order valence-corrected chi connectivity index (χ3v) is 1.91. The Morgan fingerprint density at radius 2 is 2.22 bits per heavy atom. The maximum atomic E-state index is 10.6. The van der Waals surface area contributed by atoms with Crippen LogP contribution in [-0.2, 0) is 0 Å². The standard InChI is InChI=1S/C4H6N2O2Si/c7-3-1-2-5-4(8)6(3)9/h1-2H,9H3,(H,5,8). The summed E-state index contributed by atoms with van der Waals surface area (Å²) in [7, 11) is 0.439. The molecule has 0 amide bonds. The SMILES string of the molecule is O=c1cc[nH]c(=O)n1[SiH3]. The molecule has 0 aromatic carbocycles. The lowest BCUT2D eigenvalue weighted by Crippen LogP contribution is -2.32. The molecule has 1 aromatic heterocycles. The van der Waals surface area contributed by atoms with E-state index in [-0.39, 0.29) is 11.2 Å². The van der Waals surface area contributed by atoms with Gasteiger partial charge in [-0.25, -0.2) is 4.79 Å². The summed E-state index contributed by atoms with van der Waals surface area (Å²) in [5, 5.41) is 0. The van der Waals surface area contributed by atoms with Crippen LogP contribution < -0.4 is 11.2 Å². The number of aromatic nitrogens is 2. The quantitative estimate of drug-likeness (QED) is 0.413. The van der Waals surface area contributed by atoms with Gasteiger partial charge in [-0.2, -0.15) is 0 Å². The van der Waals surface area contributed by atoms with Gasteiger partial charge in [0, 0.05) is 12.3 Å². The molecule has 1 N–H and O–H groups in total. The Morgan fingerprint density at radius 1 is 1.56 bits per heavy atom. The predicted molar refractivity (Wildman–Crippen MR) is 36.7 cm³/mol. The molecule has 0 saturated carbocycles. The fourth-order valence-electron chi connectivity index (χ4n) is 0.493. The zero-order valence-electron chi connectivity index (χ0n) is 4.92. The highest BCUT2D eigenvalue weighted by molar-refractivity contribution is 6.06. The monoisotopic (exact) mass is 142 g/mol. The van der Waals surface area contributed by atoms with Crippen molar-refractivity contribution in [3.63, 3.8) is 0 Å². The minimum atomic E-state index is -0.325. The first kappa shape index (κ1) is 6.02. The second-order valence-electron chi connectivity index (χ2n) is 1.68. The average Bonchev–Trinajstić information content (AvgIpc) is 1.83. The third-order valence-electron chi connectivity index (χ3n) is 1.07. The number of rotatable bonds is 0. The molecule has 0 saturated heterocycles. The van der Waals surface area contributed by atoms with Gasteiger partial charge in [0.05, 0.1) is 0 Å². The number of hydrogen-bond acceptors (Lipinski definition) is 2. The Hall–Kier alpha value is -1.10. The van der Waals surface area contributed by atoms with Crippen molar-refractivity contribution in [2.24, 2.45) is 0 Å². The van der Waals surface area contributed by atoms with Gasteiger partial charge >= 0.3 is 5.69 Å². The molecule has 1 heterocycles. The van der Waals surface area contributed by atoms with Gasteiger partial charge in [-0.1, -0.05) is 0 Å². The first-order chi connectivity index (χ1) is 4.22. The summed E-state index contributed by atoms with van der Waals surface area (Å²) in [6.45, 7) is 0. The van der Waals surface area contributed by atoms with E-state index >= 15 is 0 Å². The zero-order chi connectivity index (χ0) is 6.85. The van der Waals surface area contributed by atoms with E-state index in [2.05, 4.69) is 4.98 Å². The molecular weight excluding hydrogens is 136 g/mol. The average molecular weight is 142 g/mol. The van der Waals surface area contributed by atoms with Crippen LogP contribution in [0.3, 0.4) is 0 Å². The number of hydrogen-bond donors (Lipinski definition) is 1. The Bertz CT molecular complexity index is 285. The van der Waals surface area contributed by atoms with Crippen LogP contribution >= 0.6 is 0 Å². The van der Waals surface area contributed by atoms with E-state index in [1.54, 1.807) is 0 Å². The maximum Gasteiger partial charge on any atom is 0.319 e. The van der Waals surface area contributed by atoms with Gasteiger partial charge in [0.25, 0.3) is 0 Å². The van der Waals surface area contributed by atoms with Gasteiger partial charge < -0.3 is 4.98 Å². The molecule has 4 nitrogen and oxygen atoms in total. The number of nitrogens with one attached hydrogen (secondary N) is 1. The van der Waals surface area contributed by atoms with Crippen molar-refractivity contribution in [2.45, 2.75) is 0 Å². The molecule has 48 valence electrons. The maximum absolute atomic E-state index is 10.6. The van der Waals surface area contributed by atoms with Gasteiger partial charge in [0.1, 0.15) is 10.4 Å². The molecule has 0 radical (unpaired) electrons. The lowest BCUT2D eigenvalue weighted by molar-refractivity contribution is 0.964. The van der Waals surface area contributed by atoms with E-state index in [4.69, 9.17) is 0 Å². The molecular formula is C4H6N2O2Si. The van der Waals surface area contributed by atoms with Crippen molar-refractivity contribution in [3.05, 3.63) is 33.1 Å². The molecule has 0 atom stereocenters. The minimum absolute atomic E-state index is 0.231. The van der Waals surface area contributed by atoms with E-state index in [9.17, 15) is 9.59 Å². The van der Waals surface area contributed by atoms with Gasteiger partial charge in [-0.05, 0) is 0 Å². The Kier molecular flexibility index (Phi) is 1.35. The summed E-state index contributed by atoms with van der Waals surface area (Å²) in [4.78, 5) is 23.6. The lowest BCUT2D eigenvalue weighted by atomic mass is 10.7. The summed E-state index contributed by atoms with van der Waals surface area (Å²) in [5.41, 5.74) is -0.556. The molecule has 0 bridgehead atoms. The molecule has 0 spiro atoms. The number of aromatic amines is 1. The van der Waals surface area contributed by atoms with Gasteiger partial charge in [0.2, 0.25) is 5.56 Å². The van der Waals surface area contributed by atoms with E-state index in [0.717, 1.165) is 4.23 Å². The molecule has 0 unspecified atom stereocenters. The molecule has 1 rings (SSSR count). The smallest absolute Gasteiger partial charge is 0.315 e. The van der Waals surface area contributed by atoms with Crippen LogP contribution in [0.15, 0.2) is 21.9 Å². The molecule has 1 aromatic rings. The summed E-state index contributed by atoms with van der Waals surface area (Å²) in [5.74, 6) is 0. The van der Waals surface area contributed by atoms with Crippen molar-refractivity contribution in [2.75, 3.05) is 0 Å². The van der Waals surface area contributed by atoms with Crippen LogP contribution in [-0.4, -0.2) is 19.6 Å². The molecule has 5 heteroatoms. The first-order valence-electron chi connectivity index (χ1n) is 2.46. The molecule has 0 aliphatic heterocycles. The van der Waals surface area contributed by atoms with E-state index in [0.29, 0.717) is 10.4 Å². The highest BCUT2D eigenvalue weighted by Crippen LogP contribution is 1.56. The summed E-state index contributed by atoms with van der Waals surface area (Å²) >= 11 is 0. The van der Waals surface area contributed by atoms with Crippen LogP contribution in [0.2, 0.25) is 0 Å². The van der Waals surface area contributed by atoms with Crippen LogP contribution in [0, 0.1) is 0 Å². The zero-order valence-corrected chi connectivity index (χ0v) is 6.92. The van der Waals surface area contributed by atoms with Crippen molar-refractivity contribution >= 4 is 10.4 Å². The van der Waals surface area contributed by atoms with Crippen LogP contribution in [0.4, 0.5) is 0 Å². The van der Waals surface area contributed by atoms with Crippen molar-refractivity contribution < 1.29 is 0 Å². The van der Waals surface area contributed by atoms with E-state index in [1.165, 1.54) is 12.3 Å². The van der Waals surface area contributed by atoms with Crippen molar-refractivity contribution in [3.8, 4) is 0 Å². The normalized spacial score (nSPS) is 9.78. The van der Waals surface area contributed by atoms with Crippen LogP contribution in [0.25, 0.3) is 0 Å². The summed E-state index contributed by atoms with van der Waals surface area (Å²) in [6.07, 6.45) is 1.35. The third kappa shape index (κ3) is 0.994. The Labute approximate surface area is 53.7 Å². The molecule has 0 aliphatic rings. The Morgan fingerprint density at radius 3 is 2.67 bits per heavy atom. The van der Waals surface area contributed by atoms with Gasteiger partial charge in [-0.3, -0.25) is 9.03 Å². The molecule has 0 fully saturated rings. The summed E-state index contributed by atoms with van der Waals surface area (Å²) in [6, 6.07) is 1.33. The largest absolute Gasteiger partial charge is 0.319 e. The second kappa shape index (κ2) is 2.02. The number of H-pyrrole nitrogens is 1. The van der Waals surface area contributed by atoms with E-state index in [1.807, 2.05) is 0 Å². The van der Waals surface area contributed by atoms with Crippen LogP contribution in [0.5, 0.6) is 0 Å². The fourth-order valence-corrected chi connectivity index (χ4v) is 0.771. The Balaban J connectivity index is 3.62. The fraction of sp³-hybridized carbons (Fsp3) is 0. The molecule has 0 aliphatic carbocycles. The topological polar surface area (TPSA) is 54.9 Å². The van der Waals surface area contributed by atoms with E-state index < -0.39 is 0 Å². The molecule has 9 heavy (non-hydrogen) atoms. The van der Waals surface area contributed by atoms with Crippen LogP contribution in [0.1, 0.15) is 0 Å². The van der Waals surface area contributed by atoms with Crippen molar-refractivity contribution in [1.82, 2.24) is 9.22 Å². The van der Waals surface area contributed by atoms with Gasteiger partial charge in [0.15, 0.2) is 0 Å². The van der Waals surface area contributed by atoms with Crippen molar-refractivity contribution in [1.29, 1.82) is 0 Å². The first-order valence-corrected chi connectivity index (χ1v) is 3.36.